The smallest absolute Gasteiger partial charge is 0.136 e. The van der Waals surface area contributed by atoms with Crippen molar-refractivity contribution in [2.75, 3.05) is 0 Å². The Hall–Kier alpha value is -5.66. The van der Waals surface area contributed by atoms with Crippen molar-refractivity contribution in [3.63, 3.8) is 0 Å². The fourth-order valence-electron chi connectivity index (χ4n) is 6.15. The van der Waals surface area contributed by atoms with Crippen molar-refractivity contribution >= 4 is 54.3 Å². The molecule has 1 nitrogen and oxygen atoms in total. The van der Waals surface area contributed by atoms with E-state index in [1.807, 2.05) is 66.7 Å². The van der Waals surface area contributed by atoms with Gasteiger partial charge >= 0.3 is 0 Å². The van der Waals surface area contributed by atoms with Crippen LogP contribution in [0.25, 0.3) is 87.6 Å². The fraction of sp³-hybridized carbons (Fsp3) is 0. The van der Waals surface area contributed by atoms with Gasteiger partial charge in [0, 0.05) is 10.8 Å². The average Bonchev–Trinajstić information content (AvgIpc) is 3.59. The van der Waals surface area contributed by atoms with Crippen LogP contribution in [0.1, 0.15) is 12.3 Å². The minimum Gasteiger partial charge on any atom is -0.456 e. The largest absolute Gasteiger partial charge is 0.456 e. The lowest BCUT2D eigenvalue weighted by molar-refractivity contribution is 0.669. The van der Waals surface area contributed by atoms with E-state index in [2.05, 4.69) is 36.4 Å². The number of benzene rings is 8. The lowest BCUT2D eigenvalue weighted by atomic mass is 9.85. The van der Waals surface area contributed by atoms with Gasteiger partial charge in [-0.1, -0.05) is 133 Å². The predicted octanol–water partition coefficient (Wildman–Crippen LogP) is 12.0. The molecule has 1 heteroatoms. The Morgan fingerprint density at radius 3 is 1.53 bits per heavy atom. The van der Waals surface area contributed by atoms with Crippen molar-refractivity contribution in [3.05, 3.63) is 158 Å². The molecule has 8 aromatic carbocycles. The second-order valence-corrected chi connectivity index (χ2v) is 10.5. The molecule has 0 aliphatic carbocycles. The monoisotopic (exact) mass is 555 g/mol. The Kier molecular flexibility index (Phi) is 3.67. The molecule has 9 rings (SSSR count). The van der Waals surface area contributed by atoms with Crippen molar-refractivity contribution in [2.24, 2.45) is 0 Å². The number of hydrogen-bond donors (Lipinski definition) is 0. The van der Waals surface area contributed by atoms with Crippen LogP contribution < -0.4 is 0 Å². The maximum Gasteiger partial charge on any atom is 0.136 e. The van der Waals surface area contributed by atoms with Gasteiger partial charge in [-0.3, -0.25) is 0 Å². The Labute approximate surface area is 261 Å². The molecule has 9 aromatic rings. The van der Waals surface area contributed by atoms with E-state index in [0.29, 0.717) is 5.56 Å². The number of rotatable bonds is 3. The molecule has 0 aliphatic heterocycles. The first-order chi connectivity index (χ1) is 25.1. The van der Waals surface area contributed by atoms with E-state index < -0.39 is 24.2 Å². The maximum atomic E-state index is 9.54. The van der Waals surface area contributed by atoms with Crippen molar-refractivity contribution in [3.8, 4) is 33.4 Å². The summed E-state index contributed by atoms with van der Waals surface area (Å²) in [6, 6.07) is 30.7. The predicted molar refractivity (Wildman–Crippen MR) is 183 cm³/mol. The van der Waals surface area contributed by atoms with Crippen LogP contribution >= 0.6 is 0 Å². The highest BCUT2D eigenvalue weighted by molar-refractivity contribution is 6.22. The summed E-state index contributed by atoms with van der Waals surface area (Å²) >= 11 is 0. The first-order valence-electron chi connectivity index (χ1n) is 18.5. The molecule has 200 valence electrons. The minimum absolute atomic E-state index is 0.00898. The van der Waals surface area contributed by atoms with E-state index >= 15 is 0 Å². The Balaban J connectivity index is 1.37. The molecule has 0 bridgehead atoms. The number of fused-ring (bicyclic) bond motifs is 6. The van der Waals surface area contributed by atoms with Crippen LogP contribution in [0.2, 0.25) is 0 Å². The molecule has 0 aliphatic rings. The number of furan rings is 1. The summed E-state index contributed by atoms with van der Waals surface area (Å²) in [6.07, 6.45) is 0. The lowest BCUT2D eigenvalue weighted by Crippen LogP contribution is -1.91. The molecule has 43 heavy (non-hydrogen) atoms. The van der Waals surface area contributed by atoms with E-state index in [9.17, 15) is 4.11 Å². The van der Waals surface area contributed by atoms with E-state index in [1.165, 1.54) is 0 Å². The van der Waals surface area contributed by atoms with Crippen LogP contribution in [0.15, 0.2) is 162 Å². The molecule has 0 atom stereocenters. The summed E-state index contributed by atoms with van der Waals surface area (Å²) in [4.78, 5) is 0. The summed E-state index contributed by atoms with van der Waals surface area (Å²) in [6.45, 7) is 0. The van der Waals surface area contributed by atoms with E-state index in [4.69, 9.17) is 12.6 Å². The Bertz CT molecular complexity index is 2930. The molecule has 0 saturated carbocycles. The van der Waals surface area contributed by atoms with Gasteiger partial charge in [0.05, 0.1) is 12.3 Å². The molecule has 1 heterocycles. The van der Waals surface area contributed by atoms with Crippen LogP contribution in [0.5, 0.6) is 0 Å². The highest BCUT2D eigenvalue weighted by Gasteiger charge is 2.18. The normalized spacial score (nSPS) is 14.7. The van der Waals surface area contributed by atoms with Crippen LogP contribution in [-0.2, 0) is 0 Å². The highest BCUT2D eigenvalue weighted by Crippen LogP contribution is 2.45. The van der Waals surface area contributed by atoms with E-state index in [1.54, 1.807) is 0 Å². The molecule has 0 saturated heterocycles. The van der Waals surface area contributed by atoms with Gasteiger partial charge in [0.15, 0.2) is 0 Å². The topological polar surface area (TPSA) is 13.1 Å². The molecular weight excluding hydrogens is 520 g/mol. The first kappa shape index (κ1) is 16.7. The molecule has 0 radical (unpaired) electrons. The molecule has 0 spiro atoms. The zero-order valence-electron chi connectivity index (χ0n) is 31.7. The third-order valence-electron chi connectivity index (χ3n) is 8.10. The molecule has 1 aromatic heterocycles. The summed E-state index contributed by atoms with van der Waals surface area (Å²) in [5.74, 6) is 0. The number of hydrogen-bond acceptors (Lipinski definition) is 1. The summed E-state index contributed by atoms with van der Waals surface area (Å²) in [5, 5.41) is 2.97. The van der Waals surface area contributed by atoms with Crippen molar-refractivity contribution in [1.29, 1.82) is 0 Å². The van der Waals surface area contributed by atoms with Gasteiger partial charge in [0.2, 0.25) is 0 Å². The fourth-order valence-corrected chi connectivity index (χ4v) is 6.15. The molecule has 0 N–H and O–H groups in total. The third kappa shape index (κ3) is 3.79. The van der Waals surface area contributed by atoms with E-state index in [-0.39, 0.29) is 68.5 Å². The maximum absolute atomic E-state index is 9.54. The van der Waals surface area contributed by atoms with Crippen LogP contribution in [0, 0.1) is 0 Å². The third-order valence-corrected chi connectivity index (χ3v) is 8.10. The molecule has 0 amide bonds. The van der Waals surface area contributed by atoms with Gasteiger partial charge in [-0.05, 0) is 89.9 Å². The van der Waals surface area contributed by atoms with Crippen LogP contribution in [0.3, 0.4) is 0 Å². The quantitative estimate of drug-likeness (QED) is 0.198. The van der Waals surface area contributed by atoms with E-state index in [0.717, 1.165) is 43.8 Å². The molecule has 0 fully saturated rings. The summed E-state index contributed by atoms with van der Waals surface area (Å²) in [5.41, 5.74) is 4.69. The average molecular weight is 556 g/mol. The molecule has 0 unspecified atom stereocenters. The van der Waals surface area contributed by atoms with Crippen LogP contribution in [0.4, 0.5) is 0 Å². The highest BCUT2D eigenvalue weighted by atomic mass is 16.3. The SMILES string of the molecule is [2H]c1c([2H])c([2H])c2c([2H])c3c(oc4c([2H])c(-c5c6ccccc6c(-c6ccc(-c7ccccc7)cc6)c6ccccc56)c([2H])c([2H])c43)c([2H])c2c1[2H]. The lowest BCUT2D eigenvalue weighted by Gasteiger charge is -2.18. The summed E-state index contributed by atoms with van der Waals surface area (Å²) < 4.78 is 85.8. The summed E-state index contributed by atoms with van der Waals surface area (Å²) in [7, 11) is 0. The Morgan fingerprint density at radius 1 is 0.372 bits per heavy atom. The zero-order chi connectivity index (χ0) is 36.2. The van der Waals surface area contributed by atoms with Gasteiger partial charge in [0.25, 0.3) is 0 Å². The second-order valence-electron chi connectivity index (χ2n) is 10.5. The van der Waals surface area contributed by atoms with Gasteiger partial charge in [-0.15, -0.1) is 0 Å². The first-order valence-corrected chi connectivity index (χ1v) is 14.0. The zero-order valence-corrected chi connectivity index (χ0v) is 22.7. The van der Waals surface area contributed by atoms with Gasteiger partial charge in [-0.25, -0.2) is 0 Å². The standard InChI is InChI=1S/C42H26O/c1-2-10-27(11-3-1)28-18-20-29(21-19-28)41-34-14-6-8-16-36(34)42(37-17-9-7-15-35(37)41)32-22-23-33-38-24-30-12-4-5-13-31(30)25-40(38)43-39(33)26-32/h1-26H/i4D,5D,12D,13D,22D,23D,24D,25D,26D. The van der Waals surface area contributed by atoms with Gasteiger partial charge in [-0.2, -0.15) is 0 Å². The molecular formula is C42H26O. The minimum atomic E-state index is -0.539. The van der Waals surface area contributed by atoms with Gasteiger partial charge in [0.1, 0.15) is 11.2 Å². The Morgan fingerprint density at radius 2 is 0.884 bits per heavy atom. The van der Waals surface area contributed by atoms with Crippen LogP contribution in [-0.4, -0.2) is 0 Å². The van der Waals surface area contributed by atoms with Gasteiger partial charge < -0.3 is 4.42 Å². The van der Waals surface area contributed by atoms with Crippen molar-refractivity contribution in [1.82, 2.24) is 0 Å². The van der Waals surface area contributed by atoms with Crippen molar-refractivity contribution in [2.45, 2.75) is 0 Å². The second kappa shape index (κ2) is 9.44. The van der Waals surface area contributed by atoms with Crippen molar-refractivity contribution < 1.29 is 16.8 Å².